The van der Waals surface area contributed by atoms with Gasteiger partial charge in [0.05, 0.1) is 4.92 Å². The molecule has 2 N–H and O–H groups in total. The van der Waals surface area contributed by atoms with Crippen LogP contribution in [-0.2, 0) is 18.4 Å². The van der Waals surface area contributed by atoms with E-state index in [1.807, 2.05) is 0 Å². The molecule has 2 aromatic carbocycles. The van der Waals surface area contributed by atoms with Crippen LogP contribution >= 0.6 is 0 Å². The van der Waals surface area contributed by atoms with Gasteiger partial charge in [-0.25, -0.2) is 0 Å². The van der Waals surface area contributed by atoms with Crippen LogP contribution in [-0.4, -0.2) is 16.6 Å². The summed E-state index contributed by atoms with van der Waals surface area (Å²) in [5.41, 5.74) is 5.44. The van der Waals surface area contributed by atoms with Crippen molar-refractivity contribution in [2.75, 3.05) is 6.54 Å². The number of aromatic hydroxyl groups is 1. The highest BCUT2D eigenvalue weighted by molar-refractivity contribution is 5.43. The molecule has 0 aromatic heterocycles. The number of nitro groups is 1. The number of fused-ring (bicyclic) bond motifs is 3. The molecule has 0 aliphatic heterocycles. The SMILES string of the molecule is CC(C)c1ccc2c(c1)CC[C@@H]1[C@@](C)(CNCc3cc([N+](=O)[O-])ccc3O)CCC[C@@]21C. The van der Waals surface area contributed by atoms with E-state index >= 15 is 0 Å². The summed E-state index contributed by atoms with van der Waals surface area (Å²) in [5.74, 6) is 1.25. The Labute approximate surface area is 191 Å². The summed E-state index contributed by atoms with van der Waals surface area (Å²) in [6, 6.07) is 11.4. The lowest BCUT2D eigenvalue weighted by Gasteiger charge is -2.55. The van der Waals surface area contributed by atoms with Gasteiger partial charge in [0.25, 0.3) is 5.69 Å². The first-order valence-electron chi connectivity index (χ1n) is 11.9. The summed E-state index contributed by atoms with van der Waals surface area (Å²) in [5, 5.41) is 24.8. The Kier molecular flexibility index (Phi) is 6.06. The van der Waals surface area contributed by atoms with Gasteiger partial charge in [-0.2, -0.15) is 0 Å². The van der Waals surface area contributed by atoms with E-state index in [2.05, 4.69) is 51.2 Å². The molecule has 5 nitrogen and oxygen atoms in total. The Bertz CT molecular complexity index is 1020. The lowest BCUT2D eigenvalue weighted by Crippen LogP contribution is -2.52. The topological polar surface area (TPSA) is 75.4 Å². The first-order valence-corrected chi connectivity index (χ1v) is 11.9. The van der Waals surface area contributed by atoms with E-state index in [4.69, 9.17) is 0 Å². The number of nitro benzene ring substituents is 1. The van der Waals surface area contributed by atoms with Crippen LogP contribution in [0.25, 0.3) is 0 Å². The quantitative estimate of drug-likeness (QED) is 0.416. The molecule has 1 fully saturated rings. The third-order valence-corrected chi connectivity index (χ3v) is 8.29. The van der Waals surface area contributed by atoms with Gasteiger partial charge in [-0.15, -0.1) is 0 Å². The third kappa shape index (κ3) is 4.03. The number of benzene rings is 2. The van der Waals surface area contributed by atoms with E-state index < -0.39 is 4.92 Å². The zero-order chi connectivity index (χ0) is 23.1. The van der Waals surface area contributed by atoms with Crippen LogP contribution in [0.5, 0.6) is 5.75 Å². The smallest absolute Gasteiger partial charge is 0.270 e. The molecule has 0 unspecified atom stereocenters. The molecule has 0 radical (unpaired) electrons. The minimum absolute atomic E-state index is 0.0145. The van der Waals surface area contributed by atoms with Gasteiger partial charge < -0.3 is 10.4 Å². The Morgan fingerprint density at radius 1 is 1.19 bits per heavy atom. The van der Waals surface area contributed by atoms with Gasteiger partial charge in [-0.1, -0.05) is 52.3 Å². The fourth-order valence-corrected chi connectivity index (χ4v) is 6.52. The van der Waals surface area contributed by atoms with E-state index in [-0.39, 0.29) is 22.3 Å². The highest BCUT2D eigenvalue weighted by Gasteiger charge is 2.51. The first kappa shape index (κ1) is 22.8. The fraction of sp³-hybridized carbons (Fsp3) is 0.556. The second-order valence-corrected chi connectivity index (χ2v) is 10.8. The molecule has 2 aliphatic carbocycles. The number of aryl methyl sites for hydroxylation is 1. The number of hydrogen-bond donors (Lipinski definition) is 2. The Hall–Kier alpha value is -2.40. The minimum atomic E-state index is -0.416. The molecule has 32 heavy (non-hydrogen) atoms. The molecule has 2 aliphatic rings. The molecule has 3 atom stereocenters. The largest absolute Gasteiger partial charge is 0.508 e. The van der Waals surface area contributed by atoms with Crippen molar-refractivity contribution in [3.63, 3.8) is 0 Å². The van der Waals surface area contributed by atoms with Gasteiger partial charge >= 0.3 is 0 Å². The molecule has 0 bridgehead atoms. The fourth-order valence-electron chi connectivity index (χ4n) is 6.52. The highest BCUT2D eigenvalue weighted by atomic mass is 16.6. The number of phenols is 1. The third-order valence-electron chi connectivity index (χ3n) is 8.29. The zero-order valence-corrected chi connectivity index (χ0v) is 19.8. The van der Waals surface area contributed by atoms with Crippen LogP contribution in [0.2, 0.25) is 0 Å². The summed E-state index contributed by atoms with van der Waals surface area (Å²) < 4.78 is 0. The van der Waals surface area contributed by atoms with Crippen LogP contribution in [0, 0.1) is 21.4 Å². The number of hydrogen-bond acceptors (Lipinski definition) is 4. The highest BCUT2D eigenvalue weighted by Crippen LogP contribution is 2.57. The van der Waals surface area contributed by atoms with E-state index in [1.54, 1.807) is 5.56 Å². The average Bonchev–Trinajstić information content (AvgIpc) is 2.74. The molecule has 0 saturated heterocycles. The van der Waals surface area contributed by atoms with Crippen molar-refractivity contribution in [1.82, 2.24) is 5.32 Å². The molecular formula is C27H36N2O3. The molecule has 4 rings (SSSR count). The maximum absolute atomic E-state index is 11.1. The van der Waals surface area contributed by atoms with E-state index in [9.17, 15) is 15.2 Å². The van der Waals surface area contributed by atoms with E-state index in [0.717, 1.165) is 13.0 Å². The zero-order valence-electron chi connectivity index (χ0n) is 19.8. The molecule has 172 valence electrons. The normalized spacial score (nSPS) is 27.1. The van der Waals surface area contributed by atoms with Crippen molar-refractivity contribution < 1.29 is 10.0 Å². The lowest BCUT2D eigenvalue weighted by atomic mass is 9.49. The molecule has 1 saturated carbocycles. The number of nitrogens with zero attached hydrogens (tertiary/aromatic N) is 1. The standard InChI is InChI=1S/C27H36N2O3/c1-18(2)19-6-9-23-20(14-19)7-11-25-26(3,12-5-13-27(23,25)4)17-28-16-21-15-22(29(31)32)8-10-24(21)30/h6,8-10,14-15,18,25,28,30H,5,7,11-13,16-17H2,1-4H3/t25-,26-,27+/m1/s1. The van der Waals surface area contributed by atoms with Crippen molar-refractivity contribution in [2.45, 2.75) is 77.7 Å². The van der Waals surface area contributed by atoms with Gasteiger partial charge in [0, 0.05) is 30.8 Å². The molecular weight excluding hydrogens is 400 g/mol. The summed E-state index contributed by atoms with van der Waals surface area (Å²) in [4.78, 5) is 10.7. The summed E-state index contributed by atoms with van der Waals surface area (Å²) in [6.45, 7) is 10.7. The Morgan fingerprint density at radius 2 is 1.97 bits per heavy atom. The molecule has 0 spiro atoms. The first-order chi connectivity index (χ1) is 15.1. The summed E-state index contributed by atoms with van der Waals surface area (Å²) >= 11 is 0. The van der Waals surface area contributed by atoms with Gasteiger partial charge in [0.15, 0.2) is 0 Å². The van der Waals surface area contributed by atoms with Crippen molar-refractivity contribution in [2.24, 2.45) is 11.3 Å². The number of rotatable bonds is 6. The minimum Gasteiger partial charge on any atom is -0.508 e. The van der Waals surface area contributed by atoms with Crippen LogP contribution in [0.15, 0.2) is 36.4 Å². The van der Waals surface area contributed by atoms with E-state index in [1.165, 1.54) is 55.0 Å². The summed E-state index contributed by atoms with van der Waals surface area (Å²) in [7, 11) is 0. The van der Waals surface area contributed by atoms with Crippen molar-refractivity contribution in [3.8, 4) is 5.75 Å². The summed E-state index contributed by atoms with van der Waals surface area (Å²) in [6.07, 6.45) is 5.95. The maximum Gasteiger partial charge on any atom is 0.270 e. The van der Waals surface area contributed by atoms with Crippen LogP contribution in [0.4, 0.5) is 5.69 Å². The van der Waals surface area contributed by atoms with Crippen molar-refractivity contribution in [1.29, 1.82) is 0 Å². The second kappa shape index (κ2) is 8.51. The molecule has 2 aromatic rings. The molecule has 5 heteroatoms. The molecule has 0 amide bonds. The monoisotopic (exact) mass is 436 g/mol. The van der Waals surface area contributed by atoms with Crippen molar-refractivity contribution >= 4 is 5.69 Å². The second-order valence-electron chi connectivity index (χ2n) is 10.8. The van der Waals surface area contributed by atoms with Crippen LogP contribution in [0.1, 0.15) is 81.5 Å². The van der Waals surface area contributed by atoms with Gasteiger partial charge in [-0.05, 0) is 71.1 Å². The predicted molar refractivity (Wildman–Crippen MR) is 128 cm³/mol. The number of nitrogens with one attached hydrogen (secondary N) is 1. The van der Waals surface area contributed by atoms with Gasteiger partial charge in [0.1, 0.15) is 5.75 Å². The van der Waals surface area contributed by atoms with Crippen LogP contribution in [0.3, 0.4) is 0 Å². The van der Waals surface area contributed by atoms with E-state index in [0.29, 0.717) is 23.9 Å². The molecule has 0 heterocycles. The van der Waals surface area contributed by atoms with Crippen LogP contribution < -0.4 is 5.32 Å². The van der Waals surface area contributed by atoms with Gasteiger partial charge in [-0.3, -0.25) is 10.1 Å². The van der Waals surface area contributed by atoms with Gasteiger partial charge in [0.2, 0.25) is 0 Å². The number of non-ortho nitro benzene ring substituents is 1. The van der Waals surface area contributed by atoms with Crippen molar-refractivity contribution in [3.05, 3.63) is 68.8 Å². The number of phenolic OH excluding ortho intramolecular Hbond substituents is 1. The Balaban J connectivity index is 1.52. The Morgan fingerprint density at radius 3 is 2.69 bits per heavy atom. The lowest BCUT2D eigenvalue weighted by molar-refractivity contribution is -0.384. The maximum atomic E-state index is 11.1. The average molecular weight is 437 g/mol. The predicted octanol–water partition coefficient (Wildman–Crippen LogP) is 6.22.